The molecule has 0 aromatic carbocycles. The van der Waals surface area contributed by atoms with E-state index in [9.17, 15) is 4.79 Å². The van der Waals surface area contributed by atoms with Gasteiger partial charge in [0.15, 0.2) is 0 Å². The summed E-state index contributed by atoms with van der Waals surface area (Å²) in [6.07, 6.45) is 2.01. The molecule has 0 aromatic rings. The fraction of sp³-hybridized carbons (Fsp3) is 0.929. The maximum atomic E-state index is 11.7. The first-order valence-corrected chi connectivity index (χ1v) is 7.35. The molecule has 19 heavy (non-hydrogen) atoms. The first-order valence-electron chi connectivity index (χ1n) is 7.35. The van der Waals surface area contributed by atoms with E-state index in [0.29, 0.717) is 6.54 Å². The lowest BCUT2D eigenvalue weighted by Gasteiger charge is -2.26. The van der Waals surface area contributed by atoms with Gasteiger partial charge in [0, 0.05) is 18.6 Å². The summed E-state index contributed by atoms with van der Waals surface area (Å²) in [6.45, 7) is 12.3. The zero-order valence-corrected chi connectivity index (χ0v) is 12.6. The Morgan fingerprint density at radius 3 is 2.63 bits per heavy atom. The average molecular weight is 271 g/mol. The van der Waals surface area contributed by atoms with Crippen molar-refractivity contribution in [1.82, 2.24) is 15.5 Å². The van der Waals surface area contributed by atoms with E-state index in [0.717, 1.165) is 52.2 Å². The molecular formula is C14H29N3O2. The number of nitrogens with zero attached hydrogens (tertiary/aromatic N) is 1. The molecule has 1 rings (SSSR count). The molecule has 5 nitrogen and oxygen atoms in total. The number of morpholine rings is 1. The molecule has 0 bridgehead atoms. The van der Waals surface area contributed by atoms with Crippen LogP contribution in [0.3, 0.4) is 0 Å². The molecule has 1 amide bonds. The molecule has 1 saturated heterocycles. The summed E-state index contributed by atoms with van der Waals surface area (Å²) in [5.41, 5.74) is -0.105. The first-order chi connectivity index (χ1) is 9.03. The molecular weight excluding hydrogens is 242 g/mol. The van der Waals surface area contributed by atoms with Crippen LogP contribution in [0.1, 0.15) is 33.6 Å². The Bertz CT molecular complexity index is 263. The highest BCUT2D eigenvalue weighted by atomic mass is 16.5. The molecule has 1 aliphatic heterocycles. The molecule has 0 atom stereocenters. The van der Waals surface area contributed by atoms with E-state index in [1.807, 2.05) is 13.8 Å². The normalized spacial score (nSPS) is 17.4. The molecule has 5 heteroatoms. The van der Waals surface area contributed by atoms with Crippen molar-refractivity contribution >= 4 is 5.91 Å². The number of carbonyl (C=O) groups excluding carboxylic acids is 1. The molecule has 0 radical (unpaired) electrons. The number of hydrogen-bond donors (Lipinski definition) is 2. The van der Waals surface area contributed by atoms with Gasteiger partial charge in [-0.3, -0.25) is 9.69 Å². The maximum absolute atomic E-state index is 11.7. The van der Waals surface area contributed by atoms with E-state index in [1.165, 1.54) is 0 Å². The van der Waals surface area contributed by atoms with Gasteiger partial charge in [-0.1, -0.05) is 6.92 Å². The van der Waals surface area contributed by atoms with E-state index in [1.54, 1.807) is 0 Å². The molecule has 2 N–H and O–H groups in total. The number of carbonyl (C=O) groups is 1. The smallest absolute Gasteiger partial charge is 0.234 e. The van der Waals surface area contributed by atoms with Crippen molar-refractivity contribution in [1.29, 1.82) is 0 Å². The van der Waals surface area contributed by atoms with Gasteiger partial charge >= 0.3 is 0 Å². The first kappa shape index (κ1) is 16.4. The van der Waals surface area contributed by atoms with Crippen LogP contribution in [0.25, 0.3) is 0 Å². The van der Waals surface area contributed by atoms with Crippen LogP contribution < -0.4 is 10.6 Å². The number of hydrogen-bond acceptors (Lipinski definition) is 4. The van der Waals surface area contributed by atoms with Crippen LogP contribution in [-0.2, 0) is 9.53 Å². The predicted octanol–water partition coefficient (Wildman–Crippen LogP) is 0.603. The van der Waals surface area contributed by atoms with E-state index in [2.05, 4.69) is 22.5 Å². The molecule has 0 saturated carbocycles. The van der Waals surface area contributed by atoms with Crippen molar-refractivity contribution in [2.75, 3.05) is 45.9 Å². The van der Waals surface area contributed by atoms with E-state index >= 15 is 0 Å². The summed E-state index contributed by atoms with van der Waals surface area (Å²) in [5, 5.41) is 6.22. The third-order valence-corrected chi connectivity index (χ3v) is 3.58. The lowest BCUT2D eigenvalue weighted by atomic mass is 10.0. The molecule has 1 fully saturated rings. The van der Waals surface area contributed by atoms with Crippen LogP contribution >= 0.6 is 0 Å². The Morgan fingerprint density at radius 1 is 1.32 bits per heavy atom. The van der Waals surface area contributed by atoms with Crippen molar-refractivity contribution in [3.63, 3.8) is 0 Å². The third-order valence-electron chi connectivity index (χ3n) is 3.58. The largest absolute Gasteiger partial charge is 0.379 e. The average Bonchev–Trinajstić information content (AvgIpc) is 2.39. The van der Waals surface area contributed by atoms with Crippen molar-refractivity contribution in [2.45, 2.75) is 39.2 Å². The van der Waals surface area contributed by atoms with Gasteiger partial charge in [-0.05, 0) is 39.8 Å². The standard InChI is InChI=1S/C14H29N3O2/c1-4-14(2,3)16-13(18)12-15-6-5-7-17-8-10-19-11-9-17/h15H,4-12H2,1-3H3,(H,16,18). The lowest BCUT2D eigenvalue weighted by Crippen LogP contribution is -2.46. The molecule has 112 valence electrons. The van der Waals surface area contributed by atoms with Gasteiger partial charge in [-0.25, -0.2) is 0 Å². The van der Waals surface area contributed by atoms with Crippen molar-refractivity contribution in [3.8, 4) is 0 Å². The van der Waals surface area contributed by atoms with Gasteiger partial charge in [0.1, 0.15) is 0 Å². The van der Waals surface area contributed by atoms with Gasteiger partial charge in [0.2, 0.25) is 5.91 Å². The predicted molar refractivity (Wildman–Crippen MR) is 77.3 cm³/mol. The zero-order chi connectivity index (χ0) is 14.1. The minimum atomic E-state index is -0.105. The number of nitrogens with one attached hydrogen (secondary N) is 2. The fourth-order valence-electron chi connectivity index (χ4n) is 1.96. The SMILES string of the molecule is CCC(C)(C)NC(=O)CNCCCN1CCOCC1. The van der Waals surface area contributed by atoms with Crippen LogP contribution in [0.2, 0.25) is 0 Å². The summed E-state index contributed by atoms with van der Waals surface area (Å²) >= 11 is 0. The third kappa shape index (κ3) is 7.50. The summed E-state index contributed by atoms with van der Waals surface area (Å²) in [4.78, 5) is 14.1. The van der Waals surface area contributed by atoms with Crippen LogP contribution in [0.5, 0.6) is 0 Å². The van der Waals surface area contributed by atoms with E-state index in [4.69, 9.17) is 4.74 Å². The fourth-order valence-corrected chi connectivity index (χ4v) is 1.96. The topological polar surface area (TPSA) is 53.6 Å². The van der Waals surface area contributed by atoms with E-state index in [-0.39, 0.29) is 11.4 Å². The van der Waals surface area contributed by atoms with E-state index < -0.39 is 0 Å². The van der Waals surface area contributed by atoms with Gasteiger partial charge in [0.05, 0.1) is 19.8 Å². The quantitative estimate of drug-likeness (QED) is 0.635. The molecule has 0 aliphatic carbocycles. The molecule has 0 spiro atoms. The second-order valence-corrected chi connectivity index (χ2v) is 5.77. The molecule has 1 heterocycles. The Morgan fingerprint density at radius 2 is 2.00 bits per heavy atom. The van der Waals surface area contributed by atoms with Crippen LogP contribution in [0.4, 0.5) is 0 Å². The minimum Gasteiger partial charge on any atom is -0.379 e. The van der Waals surface area contributed by atoms with Crippen LogP contribution in [-0.4, -0.2) is 62.3 Å². The summed E-state index contributed by atoms with van der Waals surface area (Å²) < 4.78 is 5.31. The highest BCUT2D eigenvalue weighted by Gasteiger charge is 2.17. The number of amides is 1. The lowest BCUT2D eigenvalue weighted by molar-refractivity contribution is -0.121. The van der Waals surface area contributed by atoms with Crippen LogP contribution in [0, 0.1) is 0 Å². The Labute approximate surface area is 117 Å². The summed E-state index contributed by atoms with van der Waals surface area (Å²) in [6, 6.07) is 0. The van der Waals surface area contributed by atoms with Crippen molar-refractivity contribution in [2.24, 2.45) is 0 Å². The summed E-state index contributed by atoms with van der Waals surface area (Å²) in [5.74, 6) is 0.0817. The monoisotopic (exact) mass is 271 g/mol. The second-order valence-electron chi connectivity index (χ2n) is 5.77. The van der Waals surface area contributed by atoms with Crippen LogP contribution in [0.15, 0.2) is 0 Å². The minimum absolute atomic E-state index is 0.0817. The summed E-state index contributed by atoms with van der Waals surface area (Å²) in [7, 11) is 0. The Hall–Kier alpha value is -0.650. The zero-order valence-electron chi connectivity index (χ0n) is 12.6. The number of ether oxygens (including phenoxy) is 1. The Balaban J connectivity index is 1.99. The maximum Gasteiger partial charge on any atom is 0.234 e. The number of rotatable bonds is 8. The molecule has 0 aromatic heterocycles. The molecule has 0 unspecified atom stereocenters. The highest BCUT2D eigenvalue weighted by molar-refractivity contribution is 5.78. The van der Waals surface area contributed by atoms with Crippen molar-refractivity contribution in [3.05, 3.63) is 0 Å². The Kier molecular flexibility index (Phi) is 7.34. The van der Waals surface area contributed by atoms with Gasteiger partial charge < -0.3 is 15.4 Å². The van der Waals surface area contributed by atoms with Crippen molar-refractivity contribution < 1.29 is 9.53 Å². The van der Waals surface area contributed by atoms with Gasteiger partial charge in [-0.15, -0.1) is 0 Å². The molecule has 1 aliphatic rings. The highest BCUT2D eigenvalue weighted by Crippen LogP contribution is 2.05. The van der Waals surface area contributed by atoms with Gasteiger partial charge in [-0.2, -0.15) is 0 Å². The second kappa shape index (κ2) is 8.51. The van der Waals surface area contributed by atoms with Gasteiger partial charge in [0.25, 0.3) is 0 Å².